The predicted molar refractivity (Wildman–Crippen MR) is 131 cm³/mol. The molecule has 7 rings (SSSR count). The molecule has 0 saturated carbocycles. The zero-order valence-corrected chi connectivity index (χ0v) is 17.2. The number of rotatable bonds is 2. The summed E-state index contributed by atoms with van der Waals surface area (Å²) >= 11 is 0. The first kappa shape index (κ1) is 17.3. The fraction of sp³-hybridized carbons (Fsp3) is 0. The van der Waals surface area contributed by atoms with Crippen LogP contribution in [0, 0.1) is 0 Å². The summed E-state index contributed by atoms with van der Waals surface area (Å²) < 4.78 is 4.61. The summed E-state index contributed by atoms with van der Waals surface area (Å²) in [7, 11) is 0. The van der Waals surface area contributed by atoms with Gasteiger partial charge >= 0.3 is 0 Å². The lowest BCUT2D eigenvalue weighted by Crippen LogP contribution is -1.96. The molecule has 32 heavy (non-hydrogen) atoms. The highest BCUT2D eigenvalue weighted by atomic mass is 15.1. The molecule has 4 heterocycles. The zero-order valence-electron chi connectivity index (χ0n) is 17.2. The topological polar surface area (TPSA) is 35.6 Å². The molecule has 0 saturated heterocycles. The van der Waals surface area contributed by atoms with E-state index in [-0.39, 0.29) is 0 Å². The van der Waals surface area contributed by atoms with Crippen LogP contribution in [0.1, 0.15) is 0 Å². The van der Waals surface area contributed by atoms with Crippen molar-refractivity contribution in [1.29, 1.82) is 0 Å². The molecular formula is C28H18N4. The Labute approximate surface area is 184 Å². The summed E-state index contributed by atoms with van der Waals surface area (Å²) in [6, 6.07) is 31.7. The number of hydrogen-bond acceptors (Lipinski definition) is 2. The molecule has 0 N–H and O–H groups in total. The third-order valence-corrected chi connectivity index (χ3v) is 6.25. The third kappa shape index (κ3) is 2.26. The smallest absolute Gasteiger partial charge is 0.147 e. The zero-order chi connectivity index (χ0) is 21.1. The van der Waals surface area contributed by atoms with Gasteiger partial charge in [-0.25, -0.2) is 4.98 Å². The van der Waals surface area contributed by atoms with Crippen molar-refractivity contribution in [2.24, 2.45) is 0 Å². The van der Waals surface area contributed by atoms with Gasteiger partial charge in [-0.15, -0.1) is 0 Å². The van der Waals surface area contributed by atoms with Crippen molar-refractivity contribution in [3.63, 3.8) is 0 Å². The predicted octanol–water partition coefficient (Wildman–Crippen LogP) is 6.67. The van der Waals surface area contributed by atoms with E-state index in [1.807, 2.05) is 24.7 Å². The van der Waals surface area contributed by atoms with Crippen LogP contribution in [0.15, 0.2) is 110 Å². The summed E-state index contributed by atoms with van der Waals surface area (Å²) in [5, 5.41) is 4.71. The van der Waals surface area contributed by atoms with E-state index >= 15 is 0 Å². The second kappa shape index (κ2) is 6.53. The Morgan fingerprint density at radius 1 is 0.531 bits per heavy atom. The molecule has 0 aliphatic carbocycles. The number of para-hydroxylation sites is 3. The van der Waals surface area contributed by atoms with Crippen molar-refractivity contribution in [2.45, 2.75) is 0 Å². The van der Waals surface area contributed by atoms with Crippen LogP contribution in [0.3, 0.4) is 0 Å². The number of aromatic nitrogens is 4. The van der Waals surface area contributed by atoms with Crippen molar-refractivity contribution < 1.29 is 0 Å². The molecule has 0 spiro atoms. The Balaban J connectivity index is 1.77. The van der Waals surface area contributed by atoms with E-state index in [9.17, 15) is 0 Å². The highest BCUT2D eigenvalue weighted by Crippen LogP contribution is 2.40. The van der Waals surface area contributed by atoms with Gasteiger partial charge in [0.1, 0.15) is 5.65 Å². The lowest BCUT2D eigenvalue weighted by molar-refractivity contribution is 1.13. The molecule has 0 unspecified atom stereocenters. The molecule has 4 aromatic heterocycles. The Morgan fingerprint density at radius 3 is 1.94 bits per heavy atom. The first-order chi connectivity index (χ1) is 15.9. The molecule has 4 heteroatoms. The number of fused-ring (bicyclic) bond motifs is 7. The van der Waals surface area contributed by atoms with Gasteiger partial charge in [-0.2, -0.15) is 0 Å². The molecule has 0 radical (unpaired) electrons. The second-order valence-corrected chi connectivity index (χ2v) is 7.97. The van der Waals surface area contributed by atoms with Crippen LogP contribution in [0.4, 0.5) is 0 Å². The van der Waals surface area contributed by atoms with Crippen molar-refractivity contribution in [1.82, 2.24) is 19.1 Å². The number of nitrogens with zero attached hydrogens (tertiary/aromatic N) is 4. The highest BCUT2D eigenvalue weighted by molar-refractivity contribution is 6.24. The van der Waals surface area contributed by atoms with Crippen molar-refractivity contribution >= 4 is 43.7 Å². The van der Waals surface area contributed by atoms with Crippen LogP contribution >= 0.6 is 0 Å². The third-order valence-electron chi connectivity index (χ3n) is 6.25. The molecule has 7 aromatic rings. The maximum atomic E-state index is 5.02. The Morgan fingerprint density at radius 2 is 1.16 bits per heavy atom. The largest absolute Gasteiger partial charge is 0.308 e. The molecule has 4 nitrogen and oxygen atoms in total. The van der Waals surface area contributed by atoms with E-state index in [0.29, 0.717) is 0 Å². The fourth-order valence-electron chi connectivity index (χ4n) is 4.95. The minimum absolute atomic E-state index is 0.961. The maximum Gasteiger partial charge on any atom is 0.147 e. The van der Waals surface area contributed by atoms with E-state index < -0.39 is 0 Å². The maximum absolute atomic E-state index is 5.02. The normalized spacial score (nSPS) is 11.8. The summed E-state index contributed by atoms with van der Waals surface area (Å²) in [5.74, 6) is 0. The molecule has 0 fully saturated rings. The van der Waals surface area contributed by atoms with Gasteiger partial charge in [-0.1, -0.05) is 54.6 Å². The van der Waals surface area contributed by atoms with Crippen molar-refractivity contribution in [3.8, 4) is 11.4 Å². The van der Waals surface area contributed by atoms with Crippen LogP contribution in [-0.4, -0.2) is 19.1 Å². The van der Waals surface area contributed by atoms with Gasteiger partial charge < -0.3 is 4.57 Å². The monoisotopic (exact) mass is 410 g/mol. The van der Waals surface area contributed by atoms with Crippen molar-refractivity contribution in [2.75, 3.05) is 0 Å². The first-order valence-electron chi connectivity index (χ1n) is 10.7. The Kier molecular flexibility index (Phi) is 3.52. The minimum Gasteiger partial charge on any atom is -0.308 e. The summed E-state index contributed by atoms with van der Waals surface area (Å²) in [4.78, 5) is 9.26. The van der Waals surface area contributed by atoms with Gasteiger partial charge in [0.25, 0.3) is 0 Å². The van der Waals surface area contributed by atoms with Gasteiger partial charge in [-0.3, -0.25) is 9.55 Å². The van der Waals surface area contributed by atoms with Crippen LogP contribution < -0.4 is 0 Å². The van der Waals surface area contributed by atoms with Crippen LogP contribution in [0.25, 0.3) is 55.1 Å². The van der Waals surface area contributed by atoms with E-state index in [1.54, 1.807) is 0 Å². The van der Waals surface area contributed by atoms with Crippen molar-refractivity contribution in [3.05, 3.63) is 110 Å². The molecule has 0 amide bonds. The molecule has 0 atom stereocenters. The molecule has 0 aliphatic heterocycles. The lowest BCUT2D eigenvalue weighted by Gasteiger charge is -2.09. The van der Waals surface area contributed by atoms with E-state index in [1.165, 1.54) is 21.8 Å². The van der Waals surface area contributed by atoms with Gasteiger partial charge in [0.05, 0.1) is 21.9 Å². The van der Waals surface area contributed by atoms with Crippen LogP contribution in [-0.2, 0) is 0 Å². The highest BCUT2D eigenvalue weighted by Gasteiger charge is 2.21. The average molecular weight is 410 g/mol. The summed E-state index contributed by atoms with van der Waals surface area (Å²) in [5.41, 5.74) is 6.66. The molecule has 0 aliphatic rings. The fourth-order valence-corrected chi connectivity index (χ4v) is 4.95. The number of hydrogen-bond donors (Lipinski definition) is 0. The van der Waals surface area contributed by atoms with Gasteiger partial charge in [0.2, 0.25) is 0 Å². The minimum atomic E-state index is 0.961. The second-order valence-electron chi connectivity index (χ2n) is 7.97. The summed E-state index contributed by atoms with van der Waals surface area (Å²) in [6.07, 6.45) is 5.72. The standard InChI is InChI=1S/C28H18N4/c1-2-8-19(9-3-1)32-25-13-7-5-11-22(25)26-27-23(18-30-28(26)32)21-10-4-6-12-24(21)31(27)20-14-16-29-17-15-20/h1-18H. The quantitative estimate of drug-likeness (QED) is 0.319. The lowest BCUT2D eigenvalue weighted by atomic mass is 10.1. The Bertz CT molecular complexity index is 1760. The SMILES string of the molecule is c1ccc(-n2c3ccccc3c3c2ncc2c4ccccc4n(-c4ccncc4)c23)cc1. The van der Waals surface area contributed by atoms with E-state index in [2.05, 4.69) is 99.0 Å². The van der Waals surface area contributed by atoms with Crippen LogP contribution in [0.2, 0.25) is 0 Å². The number of pyridine rings is 2. The van der Waals surface area contributed by atoms with Gasteiger partial charge in [-0.05, 0) is 36.4 Å². The first-order valence-corrected chi connectivity index (χ1v) is 10.7. The summed E-state index contributed by atoms with van der Waals surface area (Å²) in [6.45, 7) is 0. The van der Waals surface area contributed by atoms with Gasteiger partial charge in [0.15, 0.2) is 0 Å². The average Bonchev–Trinajstić information content (AvgIpc) is 3.38. The molecule has 0 bridgehead atoms. The van der Waals surface area contributed by atoms with E-state index in [4.69, 9.17) is 4.98 Å². The Hall–Kier alpha value is -4.44. The molecule has 3 aromatic carbocycles. The van der Waals surface area contributed by atoms with E-state index in [0.717, 1.165) is 33.3 Å². The molecule has 150 valence electrons. The van der Waals surface area contributed by atoms with Crippen LogP contribution in [0.5, 0.6) is 0 Å². The molecular weight excluding hydrogens is 392 g/mol. The van der Waals surface area contributed by atoms with Gasteiger partial charge in [0, 0.05) is 46.1 Å². The number of benzene rings is 3.